The summed E-state index contributed by atoms with van der Waals surface area (Å²) in [6, 6.07) is 0. The van der Waals surface area contributed by atoms with E-state index < -0.39 is 11.9 Å². The van der Waals surface area contributed by atoms with Crippen LogP contribution in [-0.2, 0) is 14.4 Å². The van der Waals surface area contributed by atoms with Crippen LogP contribution < -0.4 is 5.32 Å². The molecule has 0 aromatic heterocycles. The minimum absolute atomic E-state index is 0.0169. The molecule has 17 heavy (non-hydrogen) atoms. The second-order valence-electron chi connectivity index (χ2n) is 4.19. The first-order valence-electron chi connectivity index (χ1n) is 5.54. The summed E-state index contributed by atoms with van der Waals surface area (Å²) in [6.07, 6.45) is 1.05. The van der Waals surface area contributed by atoms with E-state index in [0.29, 0.717) is 12.8 Å². The number of hydrogen-bond acceptors (Lipinski definition) is 3. The number of carbonyl (C=O) groups excluding carboxylic acids is 2. The summed E-state index contributed by atoms with van der Waals surface area (Å²) in [5.41, 5.74) is 0. The summed E-state index contributed by atoms with van der Waals surface area (Å²) in [5.74, 6) is -1.77. The van der Waals surface area contributed by atoms with Crippen LogP contribution in [0.15, 0.2) is 0 Å². The first-order valence-corrected chi connectivity index (χ1v) is 5.54. The zero-order valence-corrected chi connectivity index (χ0v) is 10.5. The van der Waals surface area contributed by atoms with Gasteiger partial charge >= 0.3 is 5.97 Å². The molecule has 2 amide bonds. The Morgan fingerprint density at radius 2 is 1.82 bits per heavy atom. The van der Waals surface area contributed by atoms with Crippen molar-refractivity contribution in [3.8, 4) is 0 Å². The lowest BCUT2D eigenvalue weighted by Crippen LogP contribution is -2.31. The molecule has 98 valence electrons. The number of rotatable bonds is 7. The van der Waals surface area contributed by atoms with E-state index in [-0.39, 0.29) is 24.8 Å². The van der Waals surface area contributed by atoms with E-state index in [1.54, 1.807) is 14.1 Å². The van der Waals surface area contributed by atoms with Gasteiger partial charge in [0, 0.05) is 33.5 Å². The molecule has 1 atom stereocenters. The fraction of sp³-hybridized carbons (Fsp3) is 0.727. The maximum absolute atomic E-state index is 11.3. The third kappa shape index (κ3) is 7.32. The first-order chi connectivity index (χ1) is 7.84. The molecule has 0 fully saturated rings. The number of amides is 2. The van der Waals surface area contributed by atoms with Gasteiger partial charge in [-0.2, -0.15) is 0 Å². The number of hydrogen-bond donors (Lipinski definition) is 2. The molecule has 1 unspecified atom stereocenters. The third-order valence-corrected chi connectivity index (χ3v) is 2.32. The largest absolute Gasteiger partial charge is 0.481 e. The highest BCUT2D eigenvalue weighted by atomic mass is 16.4. The van der Waals surface area contributed by atoms with E-state index >= 15 is 0 Å². The highest BCUT2D eigenvalue weighted by molar-refractivity contribution is 5.79. The molecule has 0 radical (unpaired) electrons. The fourth-order valence-electron chi connectivity index (χ4n) is 1.07. The van der Waals surface area contributed by atoms with Crippen LogP contribution in [0.4, 0.5) is 0 Å². The lowest BCUT2D eigenvalue weighted by molar-refractivity contribution is -0.141. The van der Waals surface area contributed by atoms with Crippen molar-refractivity contribution in [2.24, 2.45) is 5.92 Å². The number of carbonyl (C=O) groups is 3. The number of carboxylic acids is 1. The molecule has 0 aliphatic rings. The number of carboxylic acid groups (broad SMARTS) is 1. The van der Waals surface area contributed by atoms with E-state index in [0.717, 1.165) is 0 Å². The van der Waals surface area contributed by atoms with Gasteiger partial charge in [0.25, 0.3) is 0 Å². The van der Waals surface area contributed by atoms with Gasteiger partial charge < -0.3 is 15.3 Å². The predicted molar refractivity (Wildman–Crippen MR) is 62.4 cm³/mol. The van der Waals surface area contributed by atoms with Gasteiger partial charge in [-0.15, -0.1) is 0 Å². The maximum atomic E-state index is 11.3. The van der Waals surface area contributed by atoms with Gasteiger partial charge in [0.15, 0.2) is 0 Å². The Morgan fingerprint density at radius 3 is 2.29 bits per heavy atom. The van der Waals surface area contributed by atoms with Gasteiger partial charge in [0.2, 0.25) is 11.8 Å². The van der Waals surface area contributed by atoms with Crippen molar-refractivity contribution >= 4 is 17.8 Å². The van der Waals surface area contributed by atoms with Crippen LogP contribution in [-0.4, -0.2) is 48.4 Å². The summed E-state index contributed by atoms with van der Waals surface area (Å²) in [4.78, 5) is 34.5. The highest BCUT2D eigenvalue weighted by Crippen LogP contribution is 1.99. The Bertz CT molecular complexity index is 289. The Morgan fingerprint density at radius 1 is 1.24 bits per heavy atom. The van der Waals surface area contributed by atoms with E-state index in [1.807, 2.05) is 0 Å². The van der Waals surface area contributed by atoms with E-state index in [9.17, 15) is 14.4 Å². The summed E-state index contributed by atoms with van der Waals surface area (Å²) in [7, 11) is 3.33. The molecule has 0 aromatic rings. The molecule has 0 heterocycles. The number of nitrogens with zero attached hydrogens (tertiary/aromatic N) is 1. The summed E-state index contributed by atoms with van der Waals surface area (Å²) < 4.78 is 0. The van der Waals surface area contributed by atoms with Crippen LogP contribution in [0, 0.1) is 5.92 Å². The van der Waals surface area contributed by atoms with E-state index in [1.165, 1.54) is 11.8 Å². The molecule has 0 bridgehead atoms. The van der Waals surface area contributed by atoms with Crippen molar-refractivity contribution in [3.63, 3.8) is 0 Å². The fourth-order valence-corrected chi connectivity index (χ4v) is 1.07. The van der Waals surface area contributed by atoms with Crippen LogP contribution in [0.5, 0.6) is 0 Å². The summed E-state index contributed by atoms with van der Waals surface area (Å²) in [5, 5.41) is 11.1. The molecule has 6 heteroatoms. The molecule has 0 saturated heterocycles. The lowest BCUT2D eigenvalue weighted by Gasteiger charge is -2.10. The van der Waals surface area contributed by atoms with Gasteiger partial charge in [-0.1, -0.05) is 6.92 Å². The Hall–Kier alpha value is -1.59. The summed E-state index contributed by atoms with van der Waals surface area (Å²) in [6.45, 7) is 1.65. The highest BCUT2D eigenvalue weighted by Gasteiger charge is 2.12. The SMILES string of the molecule is CC(CNC(=O)CCCC(=O)N(C)C)C(=O)O. The Balaban J connectivity index is 3.67. The molecule has 0 rings (SSSR count). The van der Waals surface area contributed by atoms with Gasteiger partial charge in [-0.05, 0) is 6.42 Å². The van der Waals surface area contributed by atoms with Crippen molar-refractivity contribution in [3.05, 3.63) is 0 Å². The molecule has 0 aromatic carbocycles. The molecular weight excluding hydrogens is 224 g/mol. The Labute approximate surface area is 101 Å². The molecule has 2 N–H and O–H groups in total. The number of nitrogens with one attached hydrogen (secondary N) is 1. The van der Waals surface area contributed by atoms with E-state index in [4.69, 9.17) is 5.11 Å². The average molecular weight is 244 g/mol. The van der Waals surface area contributed by atoms with Gasteiger partial charge in [-0.25, -0.2) is 0 Å². The van der Waals surface area contributed by atoms with Crippen molar-refractivity contribution < 1.29 is 19.5 Å². The Kier molecular flexibility index (Phi) is 6.93. The van der Waals surface area contributed by atoms with Crippen LogP contribution in [0.2, 0.25) is 0 Å². The van der Waals surface area contributed by atoms with Crippen molar-refractivity contribution in [2.45, 2.75) is 26.2 Å². The molecule has 0 aliphatic carbocycles. The standard InChI is InChI=1S/C11H20N2O4/c1-8(11(16)17)7-12-9(14)5-4-6-10(15)13(2)3/h8H,4-7H2,1-3H3,(H,12,14)(H,16,17). The second kappa shape index (κ2) is 7.65. The van der Waals surface area contributed by atoms with Gasteiger partial charge in [-0.3, -0.25) is 14.4 Å². The van der Waals surface area contributed by atoms with Crippen LogP contribution >= 0.6 is 0 Å². The minimum Gasteiger partial charge on any atom is -0.481 e. The smallest absolute Gasteiger partial charge is 0.308 e. The zero-order valence-electron chi connectivity index (χ0n) is 10.5. The minimum atomic E-state index is -0.937. The quantitative estimate of drug-likeness (QED) is 0.664. The average Bonchev–Trinajstić information content (AvgIpc) is 2.25. The van der Waals surface area contributed by atoms with Gasteiger partial charge in [0.05, 0.1) is 5.92 Å². The monoisotopic (exact) mass is 244 g/mol. The van der Waals surface area contributed by atoms with Crippen LogP contribution in [0.3, 0.4) is 0 Å². The van der Waals surface area contributed by atoms with E-state index in [2.05, 4.69) is 5.32 Å². The van der Waals surface area contributed by atoms with Crippen LogP contribution in [0.25, 0.3) is 0 Å². The number of aliphatic carboxylic acids is 1. The molecule has 6 nitrogen and oxygen atoms in total. The molecule has 0 spiro atoms. The van der Waals surface area contributed by atoms with Gasteiger partial charge in [0.1, 0.15) is 0 Å². The molecule has 0 aliphatic heterocycles. The lowest BCUT2D eigenvalue weighted by atomic mass is 10.1. The molecular formula is C11H20N2O4. The second-order valence-corrected chi connectivity index (χ2v) is 4.19. The summed E-state index contributed by atoms with van der Waals surface area (Å²) >= 11 is 0. The van der Waals surface area contributed by atoms with Crippen molar-refractivity contribution in [1.82, 2.24) is 10.2 Å². The topological polar surface area (TPSA) is 86.7 Å². The molecule has 0 saturated carbocycles. The first kappa shape index (κ1) is 15.4. The van der Waals surface area contributed by atoms with Crippen LogP contribution in [0.1, 0.15) is 26.2 Å². The zero-order chi connectivity index (χ0) is 13.4. The van der Waals surface area contributed by atoms with Crippen molar-refractivity contribution in [1.29, 1.82) is 0 Å². The third-order valence-electron chi connectivity index (χ3n) is 2.32. The predicted octanol–water partition coefficient (Wildman–Crippen LogP) is 0.0818. The maximum Gasteiger partial charge on any atom is 0.308 e. The van der Waals surface area contributed by atoms with Crippen molar-refractivity contribution in [2.75, 3.05) is 20.6 Å². The normalized spacial score (nSPS) is 11.7.